The summed E-state index contributed by atoms with van der Waals surface area (Å²) in [6.45, 7) is 3.44. The first kappa shape index (κ1) is 11.3. The van der Waals surface area contributed by atoms with E-state index in [0.29, 0.717) is 5.92 Å². The van der Waals surface area contributed by atoms with Gasteiger partial charge in [-0.15, -0.1) is 0 Å². The highest BCUT2D eigenvalue weighted by Crippen LogP contribution is 2.27. The largest absolute Gasteiger partial charge is 0.388 e. The summed E-state index contributed by atoms with van der Waals surface area (Å²) in [4.78, 5) is 0. The zero-order valence-corrected chi connectivity index (χ0v) is 9.24. The van der Waals surface area contributed by atoms with Crippen LogP contribution in [0.4, 0.5) is 0 Å². The first-order valence-corrected chi connectivity index (χ1v) is 5.97. The Kier molecular flexibility index (Phi) is 3.61. The fourth-order valence-electron chi connectivity index (χ4n) is 2.58. The molecule has 15 heavy (non-hydrogen) atoms. The maximum atomic E-state index is 10.4. The molecule has 0 aromatic heterocycles. The van der Waals surface area contributed by atoms with E-state index in [9.17, 15) is 5.11 Å². The van der Waals surface area contributed by atoms with E-state index >= 15 is 0 Å². The minimum atomic E-state index is -0.645. The Morgan fingerprint density at radius 1 is 1.47 bits per heavy atom. The number of ether oxygens (including phenoxy) is 1. The maximum absolute atomic E-state index is 10.4. The Labute approximate surface area is 91.2 Å². The zero-order chi connectivity index (χ0) is 10.7. The van der Waals surface area contributed by atoms with Crippen LogP contribution in [0.1, 0.15) is 25.7 Å². The number of piperidine rings is 1. The molecule has 0 aliphatic carbocycles. The van der Waals surface area contributed by atoms with Crippen molar-refractivity contribution in [1.29, 1.82) is 0 Å². The van der Waals surface area contributed by atoms with Crippen LogP contribution in [-0.4, -0.2) is 43.1 Å². The van der Waals surface area contributed by atoms with Gasteiger partial charge in [-0.3, -0.25) is 0 Å². The fourth-order valence-corrected chi connectivity index (χ4v) is 2.58. The highest BCUT2D eigenvalue weighted by atomic mass is 16.5. The predicted molar refractivity (Wildman–Crippen MR) is 58.6 cm³/mol. The van der Waals surface area contributed by atoms with Crippen LogP contribution in [0.2, 0.25) is 0 Å². The van der Waals surface area contributed by atoms with Gasteiger partial charge in [0.25, 0.3) is 0 Å². The van der Waals surface area contributed by atoms with Crippen molar-refractivity contribution in [1.82, 2.24) is 5.32 Å². The average molecular weight is 214 g/mol. The van der Waals surface area contributed by atoms with E-state index in [4.69, 9.17) is 10.5 Å². The number of rotatable bonds is 3. The lowest BCUT2D eigenvalue weighted by molar-refractivity contribution is -0.0200. The molecule has 2 saturated heterocycles. The van der Waals surface area contributed by atoms with Gasteiger partial charge < -0.3 is 20.9 Å². The van der Waals surface area contributed by atoms with Crippen molar-refractivity contribution >= 4 is 0 Å². The molecule has 2 atom stereocenters. The summed E-state index contributed by atoms with van der Waals surface area (Å²) in [7, 11) is 0. The molecule has 2 rings (SSSR count). The Hall–Kier alpha value is -0.160. The first-order valence-electron chi connectivity index (χ1n) is 5.97. The van der Waals surface area contributed by atoms with Gasteiger partial charge in [0, 0.05) is 19.3 Å². The van der Waals surface area contributed by atoms with Crippen LogP contribution in [0.15, 0.2) is 0 Å². The molecule has 0 saturated carbocycles. The Morgan fingerprint density at radius 3 is 2.80 bits per heavy atom. The van der Waals surface area contributed by atoms with E-state index in [1.54, 1.807) is 0 Å². The summed E-state index contributed by atoms with van der Waals surface area (Å²) in [5.41, 5.74) is 5.48. The van der Waals surface area contributed by atoms with Gasteiger partial charge >= 0.3 is 0 Å². The molecule has 0 spiro atoms. The number of nitrogens with two attached hydrogens (primary N) is 1. The summed E-state index contributed by atoms with van der Waals surface area (Å²) < 4.78 is 5.33. The molecule has 2 unspecified atom stereocenters. The van der Waals surface area contributed by atoms with Crippen molar-refractivity contribution in [2.24, 2.45) is 11.7 Å². The Morgan fingerprint density at radius 2 is 2.20 bits per heavy atom. The first-order chi connectivity index (χ1) is 7.21. The van der Waals surface area contributed by atoms with Crippen molar-refractivity contribution in [3.05, 3.63) is 0 Å². The molecule has 0 amide bonds. The summed E-state index contributed by atoms with van der Waals surface area (Å²) in [6.07, 6.45) is 3.56. The van der Waals surface area contributed by atoms with Crippen molar-refractivity contribution in [3.8, 4) is 0 Å². The Bertz CT molecular complexity index is 199. The topological polar surface area (TPSA) is 67.5 Å². The van der Waals surface area contributed by atoms with Gasteiger partial charge in [0.1, 0.15) is 0 Å². The van der Waals surface area contributed by atoms with Crippen LogP contribution < -0.4 is 11.1 Å². The lowest BCUT2D eigenvalue weighted by atomic mass is 9.81. The molecule has 0 bridgehead atoms. The molecule has 4 nitrogen and oxygen atoms in total. The maximum Gasteiger partial charge on any atom is 0.0822 e. The highest BCUT2D eigenvalue weighted by Gasteiger charge is 2.37. The third-order valence-electron chi connectivity index (χ3n) is 3.77. The second-order valence-electron chi connectivity index (χ2n) is 4.93. The number of hydrogen-bond donors (Lipinski definition) is 3. The van der Waals surface area contributed by atoms with Gasteiger partial charge in [-0.1, -0.05) is 0 Å². The lowest BCUT2D eigenvalue weighted by Crippen LogP contribution is -2.54. The number of nitrogens with one attached hydrogen (secondary N) is 1. The fraction of sp³-hybridized carbons (Fsp3) is 1.00. The molecular weight excluding hydrogens is 192 g/mol. The van der Waals surface area contributed by atoms with E-state index in [-0.39, 0.29) is 6.04 Å². The van der Waals surface area contributed by atoms with Crippen LogP contribution in [0.25, 0.3) is 0 Å². The minimum absolute atomic E-state index is 0.0914. The normalized spacial score (nSPS) is 32.8. The van der Waals surface area contributed by atoms with Gasteiger partial charge in [-0.25, -0.2) is 0 Å². The molecular formula is C11H22N2O2. The quantitative estimate of drug-likeness (QED) is 0.611. The lowest BCUT2D eigenvalue weighted by Gasteiger charge is -2.38. The number of aliphatic hydroxyl groups is 1. The van der Waals surface area contributed by atoms with Crippen molar-refractivity contribution in [3.63, 3.8) is 0 Å². The third kappa shape index (κ3) is 2.69. The van der Waals surface area contributed by atoms with Crippen LogP contribution in [-0.2, 0) is 4.74 Å². The van der Waals surface area contributed by atoms with Crippen molar-refractivity contribution < 1.29 is 9.84 Å². The van der Waals surface area contributed by atoms with Gasteiger partial charge in [-0.2, -0.15) is 0 Å². The average Bonchev–Trinajstić information content (AvgIpc) is 2.71. The molecule has 0 aromatic rings. The van der Waals surface area contributed by atoms with Crippen LogP contribution >= 0.6 is 0 Å². The summed E-state index contributed by atoms with van der Waals surface area (Å²) in [6, 6.07) is -0.0914. The monoisotopic (exact) mass is 214 g/mol. The number of hydrogen-bond acceptors (Lipinski definition) is 4. The smallest absolute Gasteiger partial charge is 0.0822 e. The molecule has 2 aliphatic rings. The molecule has 4 heteroatoms. The standard InChI is InChI=1S/C11H22N2O2/c12-10(7-9-1-6-15-8-9)11(14)2-4-13-5-3-11/h9-10,13-14H,1-8,12H2. The predicted octanol–water partition coefficient (Wildman–Crippen LogP) is -0.145. The van der Waals surface area contributed by atoms with Gasteiger partial charge in [0.05, 0.1) is 5.60 Å². The molecule has 4 N–H and O–H groups in total. The zero-order valence-electron chi connectivity index (χ0n) is 9.24. The summed E-state index contributed by atoms with van der Waals surface area (Å²) >= 11 is 0. The second kappa shape index (κ2) is 4.78. The molecule has 0 radical (unpaired) electrons. The molecule has 0 aromatic carbocycles. The molecule has 2 aliphatic heterocycles. The molecule has 88 valence electrons. The van der Waals surface area contributed by atoms with E-state index < -0.39 is 5.60 Å². The van der Waals surface area contributed by atoms with Crippen LogP contribution in [0, 0.1) is 5.92 Å². The van der Waals surface area contributed by atoms with E-state index in [1.165, 1.54) is 0 Å². The molecule has 2 fully saturated rings. The summed E-state index contributed by atoms with van der Waals surface area (Å²) in [5, 5.41) is 13.6. The van der Waals surface area contributed by atoms with Crippen molar-refractivity contribution in [2.45, 2.75) is 37.3 Å². The van der Waals surface area contributed by atoms with E-state index in [2.05, 4.69) is 5.32 Å². The molecule has 2 heterocycles. The minimum Gasteiger partial charge on any atom is -0.388 e. The van der Waals surface area contributed by atoms with Gasteiger partial charge in [-0.05, 0) is 44.7 Å². The summed E-state index contributed by atoms with van der Waals surface area (Å²) in [5.74, 6) is 0.555. The van der Waals surface area contributed by atoms with Gasteiger partial charge in [0.2, 0.25) is 0 Å². The van der Waals surface area contributed by atoms with Crippen LogP contribution in [0.5, 0.6) is 0 Å². The second-order valence-corrected chi connectivity index (χ2v) is 4.93. The van der Waals surface area contributed by atoms with Gasteiger partial charge in [0.15, 0.2) is 0 Å². The third-order valence-corrected chi connectivity index (χ3v) is 3.77. The SMILES string of the molecule is NC(CC1CCOC1)C1(O)CCNCC1. The Balaban J connectivity index is 1.84. The van der Waals surface area contributed by atoms with E-state index in [1.807, 2.05) is 0 Å². The van der Waals surface area contributed by atoms with Crippen molar-refractivity contribution in [2.75, 3.05) is 26.3 Å². The van der Waals surface area contributed by atoms with Crippen LogP contribution in [0.3, 0.4) is 0 Å². The highest BCUT2D eigenvalue weighted by molar-refractivity contribution is 4.94. The van der Waals surface area contributed by atoms with E-state index in [0.717, 1.165) is 52.0 Å².